The third-order valence-electron chi connectivity index (χ3n) is 4.37. The van der Waals surface area contributed by atoms with Crippen molar-refractivity contribution in [1.29, 1.82) is 0 Å². The van der Waals surface area contributed by atoms with Crippen molar-refractivity contribution in [3.63, 3.8) is 0 Å². The minimum Gasteiger partial charge on any atom is -0.454 e. The fourth-order valence-corrected chi connectivity index (χ4v) is 3.91. The Balaban J connectivity index is 1.71. The molecule has 0 spiro atoms. The van der Waals surface area contributed by atoms with Gasteiger partial charge in [-0.2, -0.15) is 0 Å². The maximum atomic E-state index is 12.5. The third-order valence-corrected chi connectivity index (χ3v) is 5.79. The van der Waals surface area contributed by atoms with Gasteiger partial charge in [0.2, 0.25) is 16.8 Å². The average molecular weight is 377 g/mol. The van der Waals surface area contributed by atoms with Crippen LogP contribution in [0.2, 0.25) is 0 Å². The number of aryl methyl sites for hydroxylation is 1. The number of aliphatic hydroxyl groups is 1. The van der Waals surface area contributed by atoms with Gasteiger partial charge in [-0.05, 0) is 48.7 Å². The molecule has 0 amide bonds. The summed E-state index contributed by atoms with van der Waals surface area (Å²) in [6.07, 6.45) is 1.91. The Hall–Kier alpha value is -2.09. The Morgan fingerprint density at radius 1 is 1.12 bits per heavy atom. The van der Waals surface area contributed by atoms with Crippen LogP contribution in [0.1, 0.15) is 31.4 Å². The second-order valence-electron chi connectivity index (χ2n) is 6.56. The number of ether oxygens (including phenoxy) is 2. The largest absolute Gasteiger partial charge is 0.454 e. The lowest BCUT2D eigenvalue weighted by atomic mass is 9.96. The molecule has 1 aliphatic heterocycles. The molecule has 0 saturated heterocycles. The molecule has 0 radical (unpaired) electrons. The fourth-order valence-electron chi connectivity index (χ4n) is 2.78. The molecule has 0 bridgehead atoms. The highest BCUT2D eigenvalue weighted by Crippen LogP contribution is 2.35. The molecule has 3 rings (SSSR count). The zero-order valence-corrected chi connectivity index (χ0v) is 15.7. The van der Waals surface area contributed by atoms with Gasteiger partial charge in [0.05, 0.1) is 4.90 Å². The molecule has 140 valence electrons. The molecule has 0 fully saturated rings. The molecule has 2 aromatic rings. The van der Waals surface area contributed by atoms with Crippen LogP contribution in [0.4, 0.5) is 0 Å². The Morgan fingerprint density at radius 3 is 2.50 bits per heavy atom. The van der Waals surface area contributed by atoms with Gasteiger partial charge in [0.25, 0.3) is 0 Å². The summed E-state index contributed by atoms with van der Waals surface area (Å²) in [5, 5.41) is 10.7. The van der Waals surface area contributed by atoms with Gasteiger partial charge in [-0.15, -0.1) is 0 Å². The molecule has 7 heteroatoms. The summed E-state index contributed by atoms with van der Waals surface area (Å²) in [6, 6.07) is 11.9. The van der Waals surface area contributed by atoms with E-state index in [9.17, 15) is 13.5 Å². The van der Waals surface area contributed by atoms with E-state index in [1.807, 2.05) is 12.1 Å². The summed E-state index contributed by atoms with van der Waals surface area (Å²) < 4.78 is 38.0. The van der Waals surface area contributed by atoms with Crippen LogP contribution >= 0.6 is 0 Å². The highest BCUT2D eigenvalue weighted by Gasteiger charge is 2.28. The Bertz CT molecular complexity index is 875. The topological polar surface area (TPSA) is 84.9 Å². The minimum absolute atomic E-state index is 0.140. The van der Waals surface area contributed by atoms with E-state index in [-0.39, 0.29) is 18.2 Å². The van der Waals surface area contributed by atoms with Crippen molar-refractivity contribution < 1.29 is 23.0 Å². The predicted molar refractivity (Wildman–Crippen MR) is 97.8 cm³/mol. The van der Waals surface area contributed by atoms with Crippen molar-refractivity contribution in [1.82, 2.24) is 4.72 Å². The van der Waals surface area contributed by atoms with E-state index >= 15 is 0 Å². The highest BCUT2D eigenvalue weighted by atomic mass is 32.2. The summed E-state index contributed by atoms with van der Waals surface area (Å²) in [7, 11) is -3.71. The summed E-state index contributed by atoms with van der Waals surface area (Å²) in [6.45, 7) is 3.61. The third kappa shape index (κ3) is 4.00. The second kappa shape index (κ2) is 7.26. The maximum Gasteiger partial charge on any atom is 0.240 e. The molecular formula is C19H23NO5S. The summed E-state index contributed by atoms with van der Waals surface area (Å²) in [4.78, 5) is 0.179. The van der Waals surface area contributed by atoms with Crippen LogP contribution in [0, 0.1) is 0 Å². The van der Waals surface area contributed by atoms with E-state index < -0.39 is 15.6 Å². The van der Waals surface area contributed by atoms with E-state index in [0.717, 1.165) is 18.4 Å². The molecule has 6 nitrogen and oxygen atoms in total. The first-order valence-electron chi connectivity index (χ1n) is 8.53. The molecule has 0 aliphatic carbocycles. The van der Waals surface area contributed by atoms with Crippen molar-refractivity contribution in [2.24, 2.45) is 0 Å². The van der Waals surface area contributed by atoms with Gasteiger partial charge >= 0.3 is 0 Å². The van der Waals surface area contributed by atoms with Gasteiger partial charge in [-0.3, -0.25) is 0 Å². The Morgan fingerprint density at radius 2 is 1.81 bits per heavy atom. The predicted octanol–water partition coefficient (Wildman–Crippen LogP) is 2.55. The lowest BCUT2D eigenvalue weighted by molar-refractivity contribution is 0.0625. The molecule has 2 N–H and O–H groups in total. The molecule has 2 aromatic carbocycles. The molecule has 26 heavy (non-hydrogen) atoms. The Labute approximate surface area is 153 Å². The average Bonchev–Trinajstić information content (AvgIpc) is 3.09. The van der Waals surface area contributed by atoms with Gasteiger partial charge in [0, 0.05) is 6.54 Å². The first-order chi connectivity index (χ1) is 12.3. The molecule has 1 atom stereocenters. The zero-order valence-electron chi connectivity index (χ0n) is 14.9. The lowest BCUT2D eigenvalue weighted by Crippen LogP contribution is -2.38. The van der Waals surface area contributed by atoms with Gasteiger partial charge in [-0.25, -0.2) is 13.1 Å². The van der Waals surface area contributed by atoms with Crippen molar-refractivity contribution in [3.05, 3.63) is 53.6 Å². The van der Waals surface area contributed by atoms with E-state index in [1.165, 1.54) is 0 Å². The second-order valence-corrected chi connectivity index (χ2v) is 8.33. The number of hydrogen-bond acceptors (Lipinski definition) is 5. The standard InChI is InChI=1S/C19H23NO5S/c1-3-4-14-5-8-16(9-6-14)26(22,23)20-12-19(2,21)15-7-10-17-18(11-15)25-13-24-17/h5-11,20-21H,3-4,12-13H2,1-2H3. The van der Waals surface area contributed by atoms with Gasteiger partial charge < -0.3 is 14.6 Å². The molecule has 1 aliphatic rings. The first kappa shape index (κ1) is 18.7. The van der Waals surface area contributed by atoms with Gasteiger partial charge in [0.15, 0.2) is 11.5 Å². The smallest absolute Gasteiger partial charge is 0.240 e. The molecule has 1 unspecified atom stereocenters. The number of rotatable bonds is 7. The SMILES string of the molecule is CCCc1ccc(S(=O)(=O)NCC(C)(O)c2ccc3c(c2)OCO3)cc1. The van der Waals surface area contributed by atoms with E-state index in [1.54, 1.807) is 37.3 Å². The first-order valence-corrected chi connectivity index (χ1v) is 10.0. The summed E-state index contributed by atoms with van der Waals surface area (Å²) in [5.41, 5.74) is 0.248. The van der Waals surface area contributed by atoms with Crippen molar-refractivity contribution >= 4 is 10.0 Å². The summed E-state index contributed by atoms with van der Waals surface area (Å²) in [5.74, 6) is 1.15. The lowest BCUT2D eigenvalue weighted by Gasteiger charge is -2.24. The van der Waals surface area contributed by atoms with Crippen LogP contribution in [-0.4, -0.2) is 26.9 Å². The zero-order chi connectivity index (χ0) is 18.8. The van der Waals surface area contributed by atoms with Crippen LogP contribution in [-0.2, 0) is 22.0 Å². The minimum atomic E-state index is -3.71. The monoisotopic (exact) mass is 377 g/mol. The van der Waals surface area contributed by atoms with Gasteiger partial charge in [0.1, 0.15) is 5.60 Å². The van der Waals surface area contributed by atoms with Crippen LogP contribution in [0.15, 0.2) is 47.4 Å². The number of nitrogens with one attached hydrogen (secondary N) is 1. The van der Waals surface area contributed by atoms with Crippen LogP contribution < -0.4 is 14.2 Å². The number of sulfonamides is 1. The highest BCUT2D eigenvalue weighted by molar-refractivity contribution is 7.89. The van der Waals surface area contributed by atoms with Crippen molar-refractivity contribution in [2.45, 2.75) is 37.2 Å². The van der Waals surface area contributed by atoms with E-state index in [2.05, 4.69) is 11.6 Å². The number of hydrogen-bond donors (Lipinski definition) is 2. The van der Waals surface area contributed by atoms with Crippen molar-refractivity contribution in [3.8, 4) is 11.5 Å². The van der Waals surface area contributed by atoms with Crippen LogP contribution in [0.5, 0.6) is 11.5 Å². The fraction of sp³-hybridized carbons (Fsp3) is 0.368. The Kier molecular flexibility index (Phi) is 5.22. The van der Waals surface area contributed by atoms with Crippen molar-refractivity contribution in [2.75, 3.05) is 13.3 Å². The molecule has 1 heterocycles. The summed E-state index contributed by atoms with van der Waals surface area (Å²) >= 11 is 0. The molecular weight excluding hydrogens is 354 g/mol. The van der Waals surface area contributed by atoms with E-state index in [0.29, 0.717) is 17.1 Å². The maximum absolute atomic E-state index is 12.5. The molecule has 0 saturated carbocycles. The van der Waals surface area contributed by atoms with Crippen LogP contribution in [0.3, 0.4) is 0 Å². The number of fused-ring (bicyclic) bond motifs is 1. The normalized spacial score (nSPS) is 15.7. The van der Waals surface area contributed by atoms with Gasteiger partial charge in [-0.1, -0.05) is 31.5 Å². The quantitative estimate of drug-likeness (QED) is 0.775. The number of benzene rings is 2. The van der Waals surface area contributed by atoms with Crippen LogP contribution in [0.25, 0.3) is 0 Å². The van der Waals surface area contributed by atoms with E-state index in [4.69, 9.17) is 9.47 Å². The molecule has 0 aromatic heterocycles.